The van der Waals surface area contributed by atoms with Crippen molar-refractivity contribution in [3.05, 3.63) is 29.0 Å². The van der Waals surface area contributed by atoms with Gasteiger partial charge in [-0.1, -0.05) is 24.6 Å². The topological polar surface area (TPSA) is 52.3 Å². The highest BCUT2D eigenvalue weighted by molar-refractivity contribution is 6.29. The van der Waals surface area contributed by atoms with Gasteiger partial charge in [-0.15, -0.1) is 0 Å². The van der Waals surface area contributed by atoms with Crippen LogP contribution in [0.25, 0.3) is 0 Å². The van der Waals surface area contributed by atoms with Crippen molar-refractivity contribution < 1.29 is 0 Å². The minimum absolute atomic E-state index is 0.482. The average Bonchev–Trinajstić information content (AvgIpc) is 2.32. The largest absolute Gasteiger partial charge is 0.358 e. The van der Waals surface area contributed by atoms with Crippen LogP contribution in [-0.2, 0) is 6.54 Å². The minimum Gasteiger partial charge on any atom is -0.358 e. The molecular formula is C12H15ClN4. The lowest BCUT2D eigenvalue weighted by molar-refractivity contribution is 0.486. The van der Waals surface area contributed by atoms with E-state index in [1.54, 1.807) is 12.3 Å². The summed E-state index contributed by atoms with van der Waals surface area (Å²) in [6.45, 7) is 2.73. The van der Waals surface area contributed by atoms with E-state index in [1.807, 2.05) is 24.2 Å². The molecule has 0 aromatic carbocycles. The Bertz CT molecular complexity index is 419. The maximum atomic E-state index is 8.62. The molecule has 1 heterocycles. The van der Waals surface area contributed by atoms with Crippen LogP contribution in [0, 0.1) is 11.5 Å². The molecule has 17 heavy (non-hydrogen) atoms. The summed E-state index contributed by atoms with van der Waals surface area (Å²) < 4.78 is 0. The summed E-state index contributed by atoms with van der Waals surface area (Å²) in [6, 6.07) is 3.67. The molecule has 0 aliphatic heterocycles. The predicted molar refractivity (Wildman–Crippen MR) is 68.7 cm³/mol. The molecule has 5 heteroatoms. The number of hydrogen-bond donors (Lipinski definition) is 0. The van der Waals surface area contributed by atoms with Gasteiger partial charge in [0.15, 0.2) is 0 Å². The number of nitriles is 1. The highest BCUT2D eigenvalue weighted by Gasteiger charge is 2.06. The molecular weight excluding hydrogens is 236 g/mol. The van der Waals surface area contributed by atoms with Gasteiger partial charge >= 0.3 is 0 Å². The number of halogens is 1. The van der Waals surface area contributed by atoms with Crippen LogP contribution in [0.2, 0.25) is 5.15 Å². The molecule has 0 spiro atoms. The van der Waals surface area contributed by atoms with Crippen molar-refractivity contribution in [2.45, 2.75) is 26.3 Å². The Morgan fingerprint density at radius 2 is 2.35 bits per heavy atom. The van der Waals surface area contributed by atoms with E-state index < -0.39 is 0 Å². The molecule has 4 nitrogen and oxygen atoms in total. The van der Waals surface area contributed by atoms with Crippen molar-refractivity contribution in [1.29, 1.82) is 5.26 Å². The first-order chi connectivity index (χ1) is 8.17. The first-order valence-corrected chi connectivity index (χ1v) is 5.82. The zero-order chi connectivity index (χ0) is 12.7. The van der Waals surface area contributed by atoms with Crippen LogP contribution >= 0.6 is 11.6 Å². The molecule has 0 saturated heterocycles. The van der Waals surface area contributed by atoms with Gasteiger partial charge in [0.05, 0.1) is 0 Å². The molecule has 0 aliphatic carbocycles. The van der Waals surface area contributed by atoms with Gasteiger partial charge in [0.1, 0.15) is 11.0 Å². The molecule has 0 saturated carbocycles. The zero-order valence-electron chi connectivity index (χ0n) is 10.0. The number of aromatic nitrogens is 1. The second-order valence-corrected chi connectivity index (χ2v) is 4.11. The van der Waals surface area contributed by atoms with E-state index in [2.05, 4.69) is 16.9 Å². The Balaban J connectivity index is 2.70. The number of rotatable bonds is 4. The molecule has 0 unspecified atom stereocenters. The summed E-state index contributed by atoms with van der Waals surface area (Å²) in [4.78, 5) is 9.80. The first-order valence-electron chi connectivity index (χ1n) is 5.44. The standard InChI is InChI=1S/C12H15ClN4/c1-3-4-12(16-9-14)17(2)8-10-5-6-11(13)15-7-10/h5-7H,3-4,8H2,1-2H3. The molecule has 1 rings (SSSR count). The third-order valence-electron chi connectivity index (χ3n) is 2.30. The van der Waals surface area contributed by atoms with Gasteiger partial charge in [0, 0.05) is 26.2 Å². The molecule has 0 radical (unpaired) electrons. The van der Waals surface area contributed by atoms with E-state index in [0.717, 1.165) is 24.2 Å². The summed E-state index contributed by atoms with van der Waals surface area (Å²) in [5.41, 5.74) is 1.04. The molecule has 0 atom stereocenters. The van der Waals surface area contributed by atoms with Gasteiger partial charge in [-0.25, -0.2) is 4.98 Å². The minimum atomic E-state index is 0.482. The van der Waals surface area contributed by atoms with Gasteiger partial charge in [-0.05, 0) is 18.1 Å². The Hall–Kier alpha value is -1.60. The van der Waals surface area contributed by atoms with Gasteiger partial charge in [-0.2, -0.15) is 10.3 Å². The number of aliphatic imine (C=N–C) groups is 1. The van der Waals surface area contributed by atoms with Gasteiger partial charge < -0.3 is 4.90 Å². The first kappa shape index (κ1) is 13.5. The number of amidine groups is 1. The third-order valence-corrected chi connectivity index (χ3v) is 2.53. The highest BCUT2D eigenvalue weighted by atomic mass is 35.5. The molecule has 0 N–H and O–H groups in total. The van der Waals surface area contributed by atoms with Crippen LogP contribution in [0.5, 0.6) is 0 Å². The van der Waals surface area contributed by atoms with Crippen LogP contribution in [0.3, 0.4) is 0 Å². The van der Waals surface area contributed by atoms with Crippen molar-refractivity contribution in [2.24, 2.45) is 4.99 Å². The zero-order valence-corrected chi connectivity index (χ0v) is 10.8. The second kappa shape index (κ2) is 6.87. The van der Waals surface area contributed by atoms with Crippen molar-refractivity contribution in [2.75, 3.05) is 7.05 Å². The van der Waals surface area contributed by atoms with Crippen LogP contribution in [0.1, 0.15) is 25.3 Å². The Kier molecular flexibility index (Phi) is 5.44. The summed E-state index contributed by atoms with van der Waals surface area (Å²) in [5.74, 6) is 0.796. The van der Waals surface area contributed by atoms with Crippen molar-refractivity contribution in [3.8, 4) is 6.19 Å². The molecule has 0 amide bonds. The molecule has 1 aromatic heterocycles. The lowest BCUT2D eigenvalue weighted by Crippen LogP contribution is -2.26. The molecule has 0 fully saturated rings. The van der Waals surface area contributed by atoms with E-state index in [0.29, 0.717) is 11.7 Å². The Morgan fingerprint density at radius 3 is 2.88 bits per heavy atom. The predicted octanol–water partition coefficient (Wildman–Crippen LogP) is 2.85. The van der Waals surface area contributed by atoms with Gasteiger partial charge in [0.2, 0.25) is 6.19 Å². The fourth-order valence-electron chi connectivity index (χ4n) is 1.48. The fraction of sp³-hybridized carbons (Fsp3) is 0.417. The van der Waals surface area contributed by atoms with Crippen molar-refractivity contribution in [3.63, 3.8) is 0 Å². The summed E-state index contributed by atoms with van der Waals surface area (Å²) in [7, 11) is 1.92. The number of hydrogen-bond acceptors (Lipinski definition) is 3. The van der Waals surface area contributed by atoms with Crippen LogP contribution < -0.4 is 0 Å². The monoisotopic (exact) mass is 250 g/mol. The SMILES string of the molecule is CCCC(=NC#N)N(C)Cc1ccc(Cl)nc1. The van der Waals surface area contributed by atoms with Gasteiger partial charge in [-0.3, -0.25) is 0 Å². The van der Waals surface area contributed by atoms with E-state index in [9.17, 15) is 0 Å². The number of pyridine rings is 1. The highest BCUT2D eigenvalue weighted by Crippen LogP contribution is 2.09. The maximum absolute atomic E-state index is 8.62. The quantitative estimate of drug-likeness (QED) is 0.357. The Labute approximate surface area is 107 Å². The summed E-state index contributed by atoms with van der Waals surface area (Å²) in [6.07, 6.45) is 5.33. The van der Waals surface area contributed by atoms with Gasteiger partial charge in [0.25, 0.3) is 0 Å². The molecule has 90 valence electrons. The van der Waals surface area contributed by atoms with Crippen LogP contribution in [0.15, 0.2) is 23.3 Å². The second-order valence-electron chi connectivity index (χ2n) is 3.72. The summed E-state index contributed by atoms with van der Waals surface area (Å²) >= 11 is 5.72. The van der Waals surface area contributed by atoms with Crippen LogP contribution in [0.4, 0.5) is 0 Å². The Morgan fingerprint density at radius 1 is 1.59 bits per heavy atom. The van der Waals surface area contributed by atoms with E-state index in [1.165, 1.54) is 0 Å². The van der Waals surface area contributed by atoms with Crippen molar-refractivity contribution >= 4 is 17.4 Å². The smallest absolute Gasteiger partial charge is 0.207 e. The summed E-state index contributed by atoms with van der Waals surface area (Å²) in [5, 5.41) is 9.10. The average molecular weight is 251 g/mol. The number of nitrogens with zero attached hydrogens (tertiary/aromatic N) is 4. The molecule has 0 aliphatic rings. The molecule has 0 bridgehead atoms. The van der Waals surface area contributed by atoms with E-state index in [4.69, 9.17) is 16.9 Å². The lowest BCUT2D eigenvalue weighted by Gasteiger charge is -2.19. The van der Waals surface area contributed by atoms with E-state index in [-0.39, 0.29) is 0 Å². The lowest BCUT2D eigenvalue weighted by atomic mass is 10.2. The van der Waals surface area contributed by atoms with Crippen molar-refractivity contribution in [1.82, 2.24) is 9.88 Å². The van der Waals surface area contributed by atoms with E-state index >= 15 is 0 Å². The molecule has 1 aromatic rings. The van der Waals surface area contributed by atoms with Crippen LogP contribution in [-0.4, -0.2) is 22.8 Å². The third kappa shape index (κ3) is 4.41. The normalized spacial score (nSPS) is 11.1. The maximum Gasteiger partial charge on any atom is 0.207 e. The fourth-order valence-corrected chi connectivity index (χ4v) is 1.59.